The van der Waals surface area contributed by atoms with E-state index in [1.807, 2.05) is 0 Å². The van der Waals surface area contributed by atoms with Crippen molar-refractivity contribution < 1.29 is 18.0 Å². The van der Waals surface area contributed by atoms with E-state index in [4.69, 9.17) is 22.0 Å². The van der Waals surface area contributed by atoms with Crippen molar-refractivity contribution in [1.82, 2.24) is 14.1 Å². The highest BCUT2D eigenvalue weighted by Gasteiger charge is 2.24. The molecule has 2 aromatic heterocycles. The average molecular weight is 426 g/mol. The number of oxime groups is 1. The molecule has 158 valence electrons. The average Bonchev–Trinajstić information content (AvgIpc) is 3.06. The lowest BCUT2D eigenvalue weighted by Gasteiger charge is -2.20. The molecule has 2 aromatic rings. The number of nitrogens with two attached hydrogens (primary N) is 3. The van der Waals surface area contributed by atoms with Gasteiger partial charge in [0, 0.05) is 25.4 Å². The molecule has 0 fully saturated rings. The fraction of sp³-hybridized carbons (Fsp3) is 0.333. The van der Waals surface area contributed by atoms with E-state index >= 15 is 0 Å². The maximum Gasteiger partial charge on any atom is 0.281 e. The molecular formula is C15H22N8O5S. The van der Waals surface area contributed by atoms with Gasteiger partial charge in [-0.1, -0.05) is 0 Å². The van der Waals surface area contributed by atoms with Crippen LogP contribution in [0.1, 0.15) is 18.2 Å². The Morgan fingerprint density at radius 1 is 1.34 bits per heavy atom. The van der Waals surface area contributed by atoms with Gasteiger partial charge in [0.2, 0.25) is 11.9 Å². The minimum atomic E-state index is -4.10. The molecule has 0 bridgehead atoms. The van der Waals surface area contributed by atoms with Gasteiger partial charge in [-0.15, -0.1) is 0 Å². The van der Waals surface area contributed by atoms with Gasteiger partial charge in [0.05, 0.1) is 6.33 Å². The summed E-state index contributed by atoms with van der Waals surface area (Å²) < 4.78 is 29.6. The van der Waals surface area contributed by atoms with Crippen molar-refractivity contribution in [1.29, 1.82) is 0 Å². The van der Waals surface area contributed by atoms with E-state index < -0.39 is 27.5 Å². The quantitative estimate of drug-likeness (QED) is 0.157. The van der Waals surface area contributed by atoms with Crippen molar-refractivity contribution >= 4 is 27.6 Å². The maximum atomic E-state index is 12.9. The largest absolute Gasteiger partial charge is 0.393 e. The van der Waals surface area contributed by atoms with E-state index in [-0.39, 0.29) is 29.7 Å². The zero-order valence-electron chi connectivity index (χ0n) is 15.8. The van der Waals surface area contributed by atoms with Crippen LogP contribution in [0.2, 0.25) is 0 Å². The second-order valence-electron chi connectivity index (χ2n) is 6.10. The third kappa shape index (κ3) is 5.25. The van der Waals surface area contributed by atoms with E-state index in [2.05, 4.69) is 14.9 Å². The first-order chi connectivity index (χ1) is 13.5. The molecule has 0 aliphatic carbocycles. The third-order valence-electron chi connectivity index (χ3n) is 3.81. The van der Waals surface area contributed by atoms with Crippen molar-refractivity contribution in [3.05, 3.63) is 40.7 Å². The molecule has 1 atom stereocenters. The van der Waals surface area contributed by atoms with Crippen LogP contribution in [0, 0.1) is 6.92 Å². The number of pyridine rings is 1. The van der Waals surface area contributed by atoms with E-state index in [1.165, 1.54) is 29.2 Å². The van der Waals surface area contributed by atoms with Crippen LogP contribution in [0.5, 0.6) is 0 Å². The standard InChI is InChI=1S/C15H22N8O5S/c1-9-3-4-10(21-29(26,27)12-7-22(2)8-19-12)14(25)23(9)11(13(16)24)5-6-28-20-15(17)18/h3-4,7-8,11,21H,5-6H2,1-2H3,(H2,16,24)(H4,17,18,20). The van der Waals surface area contributed by atoms with Gasteiger partial charge in [0.1, 0.15) is 18.3 Å². The molecule has 29 heavy (non-hydrogen) atoms. The molecule has 13 nitrogen and oxygen atoms in total. The summed E-state index contributed by atoms with van der Waals surface area (Å²) in [5, 5.41) is 3.07. The first-order valence-electron chi connectivity index (χ1n) is 8.26. The van der Waals surface area contributed by atoms with Crippen molar-refractivity contribution in [2.75, 3.05) is 11.3 Å². The lowest BCUT2D eigenvalue weighted by atomic mass is 10.1. The summed E-state index contributed by atoms with van der Waals surface area (Å²) in [7, 11) is -2.50. The monoisotopic (exact) mass is 426 g/mol. The third-order valence-corrected chi connectivity index (χ3v) is 5.06. The SMILES string of the molecule is Cc1ccc(NS(=O)(=O)c2cn(C)cn2)c(=O)n1C(CCON=C(N)N)C(N)=O. The second-order valence-corrected chi connectivity index (χ2v) is 7.73. The number of hydrogen-bond donors (Lipinski definition) is 4. The molecule has 2 rings (SSSR count). The smallest absolute Gasteiger partial charge is 0.281 e. The van der Waals surface area contributed by atoms with Gasteiger partial charge in [0.25, 0.3) is 15.6 Å². The van der Waals surface area contributed by atoms with Crippen LogP contribution >= 0.6 is 0 Å². The number of aryl methyl sites for hydroxylation is 2. The van der Waals surface area contributed by atoms with Crippen LogP contribution in [-0.2, 0) is 26.7 Å². The van der Waals surface area contributed by atoms with Gasteiger partial charge in [-0.05, 0) is 24.2 Å². The maximum absolute atomic E-state index is 12.9. The Kier molecular flexibility index (Phi) is 6.48. The molecule has 1 amide bonds. The van der Waals surface area contributed by atoms with Crippen molar-refractivity contribution in [3.8, 4) is 0 Å². The summed E-state index contributed by atoms with van der Waals surface area (Å²) in [5.41, 5.74) is 15.1. The van der Waals surface area contributed by atoms with Crippen LogP contribution in [0.15, 0.2) is 39.6 Å². The molecule has 0 aromatic carbocycles. The minimum absolute atomic E-state index is 0.0245. The summed E-state index contributed by atoms with van der Waals surface area (Å²) in [4.78, 5) is 33.4. The summed E-state index contributed by atoms with van der Waals surface area (Å²) in [6, 6.07) is 1.66. The first kappa shape index (κ1) is 21.7. The Morgan fingerprint density at radius 2 is 2.03 bits per heavy atom. The zero-order valence-corrected chi connectivity index (χ0v) is 16.6. The molecule has 1 unspecified atom stereocenters. The number of imidazole rings is 1. The molecular weight excluding hydrogens is 404 g/mol. The van der Waals surface area contributed by atoms with Crippen molar-refractivity contribution in [2.24, 2.45) is 29.4 Å². The van der Waals surface area contributed by atoms with E-state index in [9.17, 15) is 18.0 Å². The molecule has 0 radical (unpaired) electrons. The van der Waals surface area contributed by atoms with Crippen molar-refractivity contribution in [3.63, 3.8) is 0 Å². The highest BCUT2D eigenvalue weighted by molar-refractivity contribution is 7.92. The van der Waals surface area contributed by atoms with Gasteiger partial charge in [-0.3, -0.25) is 18.9 Å². The number of nitrogens with zero attached hydrogens (tertiary/aromatic N) is 4. The number of anilines is 1. The number of primary amides is 1. The van der Waals surface area contributed by atoms with Crippen LogP contribution in [-0.4, -0.2) is 41.0 Å². The number of hydrogen-bond acceptors (Lipinski definition) is 7. The fourth-order valence-corrected chi connectivity index (χ4v) is 3.56. The van der Waals surface area contributed by atoms with Crippen LogP contribution in [0.4, 0.5) is 5.69 Å². The highest BCUT2D eigenvalue weighted by atomic mass is 32.2. The Bertz CT molecular complexity index is 1080. The summed E-state index contributed by atoms with van der Waals surface area (Å²) >= 11 is 0. The first-order valence-corrected chi connectivity index (χ1v) is 9.74. The van der Waals surface area contributed by atoms with Crippen LogP contribution in [0.3, 0.4) is 0 Å². The Balaban J connectivity index is 2.36. The van der Waals surface area contributed by atoms with Gasteiger partial charge in [-0.2, -0.15) is 8.42 Å². The van der Waals surface area contributed by atoms with Gasteiger partial charge >= 0.3 is 0 Å². The molecule has 0 aliphatic heterocycles. The number of aromatic nitrogens is 3. The number of carbonyl (C=O) groups excluding carboxylic acids is 1. The molecule has 2 heterocycles. The van der Waals surface area contributed by atoms with E-state index in [0.29, 0.717) is 5.69 Å². The fourth-order valence-electron chi connectivity index (χ4n) is 2.52. The topological polar surface area (TPSA) is 203 Å². The van der Waals surface area contributed by atoms with Crippen LogP contribution < -0.4 is 27.5 Å². The molecule has 0 spiro atoms. The number of carbonyl (C=O) groups is 1. The number of nitrogens with one attached hydrogen (secondary N) is 1. The summed E-state index contributed by atoms with van der Waals surface area (Å²) in [6.07, 6.45) is 2.56. The number of sulfonamides is 1. The number of guanidine groups is 1. The normalized spacial score (nSPS) is 12.2. The van der Waals surface area contributed by atoms with Gasteiger partial charge in [-0.25, -0.2) is 4.98 Å². The Morgan fingerprint density at radius 3 is 2.59 bits per heavy atom. The lowest BCUT2D eigenvalue weighted by molar-refractivity contribution is -0.121. The van der Waals surface area contributed by atoms with E-state index in [1.54, 1.807) is 14.0 Å². The molecule has 7 N–H and O–H groups in total. The zero-order chi connectivity index (χ0) is 21.8. The summed E-state index contributed by atoms with van der Waals surface area (Å²) in [5.74, 6) is -1.12. The van der Waals surface area contributed by atoms with Crippen molar-refractivity contribution in [2.45, 2.75) is 24.4 Å². The Hall–Kier alpha value is -3.55. The predicted molar refractivity (Wildman–Crippen MR) is 104 cm³/mol. The summed E-state index contributed by atoms with van der Waals surface area (Å²) in [6.45, 7) is 1.46. The predicted octanol–water partition coefficient (Wildman–Crippen LogP) is -1.69. The van der Waals surface area contributed by atoms with Gasteiger partial charge < -0.3 is 26.6 Å². The number of amides is 1. The van der Waals surface area contributed by atoms with Crippen LogP contribution in [0.25, 0.3) is 0 Å². The molecule has 0 saturated heterocycles. The molecule has 14 heteroatoms. The molecule has 0 aliphatic rings. The van der Waals surface area contributed by atoms with E-state index in [0.717, 1.165) is 4.57 Å². The molecule has 0 saturated carbocycles. The Labute approximate surface area is 166 Å². The minimum Gasteiger partial charge on any atom is -0.393 e. The number of rotatable bonds is 9. The van der Waals surface area contributed by atoms with Gasteiger partial charge in [0.15, 0.2) is 5.03 Å². The second kappa shape index (κ2) is 8.64. The lowest BCUT2D eigenvalue weighted by Crippen LogP contribution is -2.37. The highest BCUT2D eigenvalue weighted by Crippen LogP contribution is 2.16.